The number of rotatable bonds is 4. The first kappa shape index (κ1) is 13.4. The third-order valence-corrected chi connectivity index (χ3v) is 4.92. The molecule has 1 saturated carbocycles. The fourth-order valence-electron chi connectivity index (χ4n) is 3.49. The zero-order valence-electron chi connectivity index (χ0n) is 12.1. The van der Waals surface area contributed by atoms with Gasteiger partial charge in [-0.1, -0.05) is 13.3 Å². The number of nitrogens with zero attached hydrogens (tertiary/aromatic N) is 1. The van der Waals surface area contributed by atoms with Crippen molar-refractivity contribution >= 4 is 0 Å². The molecule has 2 heteroatoms. The van der Waals surface area contributed by atoms with E-state index in [9.17, 15) is 0 Å². The summed E-state index contributed by atoms with van der Waals surface area (Å²) in [4.78, 5) is 2.77. The Labute approximate surface area is 107 Å². The van der Waals surface area contributed by atoms with Crippen molar-refractivity contribution in [3.63, 3.8) is 0 Å². The van der Waals surface area contributed by atoms with Gasteiger partial charge in [-0.3, -0.25) is 4.90 Å². The van der Waals surface area contributed by atoms with Gasteiger partial charge >= 0.3 is 0 Å². The second kappa shape index (κ2) is 5.27. The molecule has 0 aromatic carbocycles. The molecule has 0 aromatic rings. The quantitative estimate of drug-likeness (QED) is 0.810. The van der Waals surface area contributed by atoms with Crippen LogP contribution in [0.4, 0.5) is 0 Å². The first-order valence-corrected chi connectivity index (χ1v) is 7.57. The van der Waals surface area contributed by atoms with Crippen LogP contribution in [0.3, 0.4) is 0 Å². The largest absolute Gasteiger partial charge is 0.310 e. The summed E-state index contributed by atoms with van der Waals surface area (Å²) in [6.07, 6.45) is 6.82. The summed E-state index contributed by atoms with van der Waals surface area (Å²) in [6.45, 7) is 12.0. The lowest BCUT2D eigenvalue weighted by Gasteiger charge is -2.39. The molecule has 0 aromatic heterocycles. The Bertz CT molecular complexity index is 249. The molecule has 17 heavy (non-hydrogen) atoms. The zero-order chi connectivity index (χ0) is 12.5. The van der Waals surface area contributed by atoms with E-state index in [4.69, 9.17) is 0 Å². The standard InChI is InChI=1S/C15H30N2/c1-5-6-12(2)17-11-15(4,14-7-8-14)16-10-9-13(17)3/h12-14,16H,5-11H2,1-4H3. The van der Waals surface area contributed by atoms with Crippen molar-refractivity contribution in [2.75, 3.05) is 13.1 Å². The second-order valence-corrected chi connectivity index (χ2v) is 6.57. The van der Waals surface area contributed by atoms with Crippen LogP contribution in [0, 0.1) is 5.92 Å². The lowest BCUT2D eigenvalue weighted by atomic mass is 9.94. The molecule has 0 amide bonds. The van der Waals surface area contributed by atoms with Crippen molar-refractivity contribution < 1.29 is 0 Å². The Balaban J connectivity index is 2.05. The highest BCUT2D eigenvalue weighted by molar-refractivity contribution is 5.02. The Morgan fingerprint density at radius 2 is 2.06 bits per heavy atom. The lowest BCUT2D eigenvalue weighted by molar-refractivity contribution is 0.113. The molecule has 3 atom stereocenters. The maximum absolute atomic E-state index is 3.84. The topological polar surface area (TPSA) is 15.3 Å². The van der Waals surface area contributed by atoms with E-state index in [0.29, 0.717) is 5.54 Å². The van der Waals surface area contributed by atoms with E-state index in [2.05, 4.69) is 37.9 Å². The summed E-state index contributed by atoms with van der Waals surface area (Å²) in [5.41, 5.74) is 0.382. The molecule has 1 heterocycles. The Morgan fingerprint density at radius 3 is 2.65 bits per heavy atom. The summed E-state index contributed by atoms with van der Waals surface area (Å²) in [7, 11) is 0. The highest BCUT2D eigenvalue weighted by atomic mass is 15.2. The fourth-order valence-corrected chi connectivity index (χ4v) is 3.49. The third-order valence-electron chi connectivity index (χ3n) is 4.92. The summed E-state index contributed by atoms with van der Waals surface area (Å²) >= 11 is 0. The van der Waals surface area contributed by atoms with Crippen molar-refractivity contribution in [3.05, 3.63) is 0 Å². The van der Waals surface area contributed by atoms with E-state index in [-0.39, 0.29) is 0 Å². The molecular weight excluding hydrogens is 208 g/mol. The van der Waals surface area contributed by atoms with E-state index >= 15 is 0 Å². The molecule has 3 unspecified atom stereocenters. The van der Waals surface area contributed by atoms with Crippen LogP contribution in [0.15, 0.2) is 0 Å². The summed E-state index contributed by atoms with van der Waals surface area (Å²) in [5.74, 6) is 0.934. The molecule has 2 aliphatic rings. The monoisotopic (exact) mass is 238 g/mol. The van der Waals surface area contributed by atoms with Gasteiger partial charge in [0.05, 0.1) is 0 Å². The average molecular weight is 238 g/mol. The van der Waals surface area contributed by atoms with E-state index in [1.165, 1.54) is 45.2 Å². The minimum absolute atomic E-state index is 0.382. The Hall–Kier alpha value is -0.0800. The van der Waals surface area contributed by atoms with Crippen molar-refractivity contribution in [2.45, 2.75) is 77.4 Å². The Kier molecular flexibility index (Phi) is 4.14. The molecule has 1 N–H and O–H groups in total. The van der Waals surface area contributed by atoms with Crippen LogP contribution in [0.5, 0.6) is 0 Å². The highest BCUT2D eigenvalue weighted by Gasteiger charge is 2.44. The summed E-state index contributed by atoms with van der Waals surface area (Å²) in [6, 6.07) is 1.48. The van der Waals surface area contributed by atoms with Gasteiger partial charge in [0.2, 0.25) is 0 Å². The molecule has 100 valence electrons. The van der Waals surface area contributed by atoms with Gasteiger partial charge in [-0.15, -0.1) is 0 Å². The van der Waals surface area contributed by atoms with Crippen LogP contribution in [0.1, 0.15) is 59.8 Å². The van der Waals surface area contributed by atoms with Gasteiger partial charge < -0.3 is 5.32 Å². The van der Waals surface area contributed by atoms with Gasteiger partial charge in [-0.05, 0) is 58.9 Å². The maximum atomic E-state index is 3.84. The molecular formula is C15H30N2. The van der Waals surface area contributed by atoms with E-state index < -0.39 is 0 Å². The highest BCUT2D eigenvalue weighted by Crippen LogP contribution is 2.41. The number of nitrogens with one attached hydrogen (secondary N) is 1. The maximum Gasteiger partial charge on any atom is 0.0308 e. The molecule has 1 aliphatic heterocycles. The average Bonchev–Trinajstić information content (AvgIpc) is 3.08. The Morgan fingerprint density at radius 1 is 1.35 bits per heavy atom. The third kappa shape index (κ3) is 3.03. The predicted octanol–water partition coefficient (Wildman–Crippen LogP) is 3.03. The van der Waals surface area contributed by atoms with Crippen molar-refractivity contribution in [1.29, 1.82) is 0 Å². The van der Waals surface area contributed by atoms with Crippen molar-refractivity contribution in [3.8, 4) is 0 Å². The van der Waals surface area contributed by atoms with Gasteiger partial charge in [0.15, 0.2) is 0 Å². The van der Waals surface area contributed by atoms with Gasteiger partial charge in [0.25, 0.3) is 0 Å². The van der Waals surface area contributed by atoms with Gasteiger partial charge in [-0.25, -0.2) is 0 Å². The molecule has 0 radical (unpaired) electrons. The predicted molar refractivity (Wildman–Crippen MR) is 74.3 cm³/mol. The molecule has 0 bridgehead atoms. The smallest absolute Gasteiger partial charge is 0.0308 e. The fraction of sp³-hybridized carbons (Fsp3) is 1.00. The molecule has 2 rings (SSSR count). The van der Waals surface area contributed by atoms with Crippen LogP contribution >= 0.6 is 0 Å². The first-order chi connectivity index (χ1) is 8.07. The van der Waals surface area contributed by atoms with Crippen LogP contribution < -0.4 is 5.32 Å². The van der Waals surface area contributed by atoms with Gasteiger partial charge in [0, 0.05) is 24.2 Å². The van der Waals surface area contributed by atoms with Crippen LogP contribution in [-0.2, 0) is 0 Å². The van der Waals surface area contributed by atoms with Crippen molar-refractivity contribution in [2.24, 2.45) is 5.92 Å². The summed E-state index contributed by atoms with van der Waals surface area (Å²) < 4.78 is 0. The van der Waals surface area contributed by atoms with Crippen LogP contribution in [0.2, 0.25) is 0 Å². The number of hydrogen-bond donors (Lipinski definition) is 1. The lowest BCUT2D eigenvalue weighted by Crippen LogP contribution is -2.53. The number of hydrogen-bond acceptors (Lipinski definition) is 2. The SMILES string of the molecule is CCCC(C)N1CC(C)(C2CC2)NCCC1C. The van der Waals surface area contributed by atoms with Crippen molar-refractivity contribution in [1.82, 2.24) is 10.2 Å². The van der Waals surface area contributed by atoms with E-state index in [1.54, 1.807) is 0 Å². The molecule has 1 saturated heterocycles. The minimum atomic E-state index is 0.382. The molecule has 2 fully saturated rings. The molecule has 2 nitrogen and oxygen atoms in total. The molecule has 0 spiro atoms. The van der Waals surface area contributed by atoms with Crippen LogP contribution in [-0.4, -0.2) is 35.6 Å². The second-order valence-electron chi connectivity index (χ2n) is 6.57. The normalized spacial score (nSPS) is 37.8. The summed E-state index contributed by atoms with van der Waals surface area (Å²) in [5, 5.41) is 3.84. The molecule has 1 aliphatic carbocycles. The zero-order valence-corrected chi connectivity index (χ0v) is 12.1. The minimum Gasteiger partial charge on any atom is -0.310 e. The van der Waals surface area contributed by atoms with E-state index in [1.807, 2.05) is 0 Å². The van der Waals surface area contributed by atoms with E-state index in [0.717, 1.165) is 18.0 Å². The van der Waals surface area contributed by atoms with Gasteiger partial charge in [0.1, 0.15) is 0 Å². The first-order valence-electron chi connectivity index (χ1n) is 7.57. The van der Waals surface area contributed by atoms with Gasteiger partial charge in [-0.2, -0.15) is 0 Å². The van der Waals surface area contributed by atoms with Crippen LogP contribution in [0.25, 0.3) is 0 Å².